The summed E-state index contributed by atoms with van der Waals surface area (Å²) < 4.78 is 41.4. The molecule has 3 aromatic rings. The Morgan fingerprint density at radius 2 is 2.00 bits per heavy atom. The van der Waals surface area contributed by atoms with E-state index in [9.17, 15) is 12.8 Å². The molecule has 2 heterocycles. The van der Waals surface area contributed by atoms with Crippen molar-refractivity contribution >= 4 is 21.6 Å². The van der Waals surface area contributed by atoms with E-state index in [1.54, 1.807) is 25.2 Å². The SMILES string of the molecule is CNCc1cc(-c2ccccc2F)n(S(=O)(=O)c2cncc(Cl)c2)c1. The number of nitrogens with one attached hydrogen (secondary N) is 1. The van der Waals surface area contributed by atoms with Gasteiger partial charge in [0, 0.05) is 30.7 Å². The molecule has 0 aliphatic heterocycles. The van der Waals surface area contributed by atoms with Gasteiger partial charge in [0.25, 0.3) is 10.0 Å². The van der Waals surface area contributed by atoms with Crippen LogP contribution in [0.5, 0.6) is 0 Å². The van der Waals surface area contributed by atoms with Crippen LogP contribution in [0.3, 0.4) is 0 Å². The second-order valence-corrected chi connectivity index (χ2v) is 7.63. The van der Waals surface area contributed by atoms with Crippen molar-refractivity contribution in [2.45, 2.75) is 11.4 Å². The predicted octanol–water partition coefficient (Wildman–Crippen LogP) is 3.30. The zero-order chi connectivity index (χ0) is 18.0. The monoisotopic (exact) mass is 379 g/mol. The number of hydrogen-bond donors (Lipinski definition) is 1. The first kappa shape index (κ1) is 17.6. The van der Waals surface area contributed by atoms with Gasteiger partial charge in [0.1, 0.15) is 10.7 Å². The van der Waals surface area contributed by atoms with Crippen molar-refractivity contribution in [1.29, 1.82) is 0 Å². The van der Waals surface area contributed by atoms with Crippen LogP contribution < -0.4 is 5.32 Å². The van der Waals surface area contributed by atoms with Gasteiger partial charge < -0.3 is 5.32 Å². The highest BCUT2D eigenvalue weighted by molar-refractivity contribution is 7.90. The fraction of sp³-hybridized carbons (Fsp3) is 0.118. The van der Waals surface area contributed by atoms with Gasteiger partial charge in [-0.2, -0.15) is 0 Å². The molecule has 0 aliphatic carbocycles. The average Bonchev–Trinajstić information content (AvgIpc) is 3.00. The molecule has 2 aromatic heterocycles. The minimum absolute atomic E-state index is 0.0656. The topological polar surface area (TPSA) is 64.0 Å². The largest absolute Gasteiger partial charge is 0.316 e. The minimum Gasteiger partial charge on any atom is -0.316 e. The Morgan fingerprint density at radius 1 is 1.24 bits per heavy atom. The molecule has 25 heavy (non-hydrogen) atoms. The van der Waals surface area contributed by atoms with Crippen LogP contribution in [-0.2, 0) is 16.6 Å². The van der Waals surface area contributed by atoms with Crippen LogP contribution in [0, 0.1) is 5.82 Å². The van der Waals surface area contributed by atoms with Crippen LogP contribution in [0.4, 0.5) is 4.39 Å². The molecule has 0 amide bonds. The highest BCUT2D eigenvalue weighted by atomic mass is 35.5. The Morgan fingerprint density at radius 3 is 2.68 bits per heavy atom. The fourth-order valence-corrected chi connectivity index (χ4v) is 4.13. The van der Waals surface area contributed by atoms with Gasteiger partial charge in [-0.05, 0) is 36.9 Å². The summed E-state index contributed by atoms with van der Waals surface area (Å²) in [6, 6.07) is 8.99. The maximum Gasteiger partial charge on any atom is 0.269 e. The zero-order valence-corrected chi connectivity index (χ0v) is 14.9. The van der Waals surface area contributed by atoms with Crippen LogP contribution in [0.15, 0.2) is 59.9 Å². The zero-order valence-electron chi connectivity index (χ0n) is 13.3. The molecular weight excluding hydrogens is 365 g/mol. The lowest BCUT2D eigenvalue weighted by molar-refractivity contribution is 0.587. The van der Waals surface area contributed by atoms with Crippen molar-refractivity contribution in [3.63, 3.8) is 0 Å². The van der Waals surface area contributed by atoms with Gasteiger partial charge in [0.05, 0.1) is 10.7 Å². The van der Waals surface area contributed by atoms with E-state index in [0.29, 0.717) is 12.1 Å². The lowest BCUT2D eigenvalue weighted by Crippen LogP contribution is -2.14. The third-order valence-corrected chi connectivity index (χ3v) is 5.46. The first-order chi connectivity index (χ1) is 11.9. The maximum atomic E-state index is 14.2. The summed E-state index contributed by atoms with van der Waals surface area (Å²) in [7, 11) is -2.23. The summed E-state index contributed by atoms with van der Waals surface area (Å²) in [6.45, 7) is 0.442. The summed E-state index contributed by atoms with van der Waals surface area (Å²) in [4.78, 5) is 3.76. The second kappa shape index (κ2) is 6.95. The first-order valence-corrected chi connectivity index (χ1v) is 9.22. The number of nitrogens with zero attached hydrogens (tertiary/aromatic N) is 2. The molecule has 0 radical (unpaired) electrons. The van der Waals surface area contributed by atoms with E-state index in [-0.39, 0.29) is 21.2 Å². The van der Waals surface area contributed by atoms with Crippen LogP contribution >= 0.6 is 11.6 Å². The number of aromatic nitrogens is 2. The molecule has 0 saturated carbocycles. The van der Waals surface area contributed by atoms with Gasteiger partial charge in [-0.25, -0.2) is 16.8 Å². The Labute approximate surface area is 150 Å². The molecule has 0 aliphatic rings. The molecule has 0 unspecified atom stereocenters. The summed E-state index contributed by atoms with van der Waals surface area (Å²) in [5.74, 6) is -0.503. The minimum atomic E-state index is -3.98. The van der Waals surface area contributed by atoms with Gasteiger partial charge in [-0.1, -0.05) is 23.7 Å². The number of benzene rings is 1. The van der Waals surface area contributed by atoms with Gasteiger partial charge in [-0.15, -0.1) is 0 Å². The number of pyridine rings is 1. The van der Waals surface area contributed by atoms with Gasteiger partial charge >= 0.3 is 0 Å². The predicted molar refractivity (Wildman–Crippen MR) is 94.4 cm³/mol. The highest BCUT2D eigenvalue weighted by Crippen LogP contribution is 2.29. The number of halogens is 2. The molecule has 8 heteroatoms. The van der Waals surface area contributed by atoms with Gasteiger partial charge in [0.2, 0.25) is 0 Å². The average molecular weight is 380 g/mol. The maximum absolute atomic E-state index is 14.2. The number of rotatable bonds is 5. The van der Waals surface area contributed by atoms with Crippen molar-refractivity contribution in [2.75, 3.05) is 7.05 Å². The van der Waals surface area contributed by atoms with E-state index >= 15 is 0 Å². The van der Waals surface area contributed by atoms with E-state index in [1.807, 2.05) is 0 Å². The van der Waals surface area contributed by atoms with E-state index in [1.165, 1.54) is 36.8 Å². The van der Waals surface area contributed by atoms with E-state index in [0.717, 1.165) is 3.97 Å². The van der Waals surface area contributed by atoms with Crippen LogP contribution in [0.25, 0.3) is 11.3 Å². The Hall–Kier alpha value is -2.22. The van der Waals surface area contributed by atoms with Crippen molar-refractivity contribution in [1.82, 2.24) is 14.3 Å². The molecule has 130 valence electrons. The summed E-state index contributed by atoms with van der Waals surface area (Å²) >= 11 is 5.87. The number of hydrogen-bond acceptors (Lipinski definition) is 4. The molecule has 0 fully saturated rings. The molecule has 0 bridgehead atoms. The van der Waals surface area contributed by atoms with E-state index in [4.69, 9.17) is 11.6 Å². The molecule has 0 spiro atoms. The molecule has 1 N–H and O–H groups in total. The van der Waals surface area contributed by atoms with Crippen molar-refractivity contribution in [3.05, 3.63) is 71.4 Å². The van der Waals surface area contributed by atoms with Gasteiger partial charge in [0.15, 0.2) is 0 Å². The molecule has 1 aromatic carbocycles. The highest BCUT2D eigenvalue weighted by Gasteiger charge is 2.23. The van der Waals surface area contributed by atoms with Crippen LogP contribution in [0.2, 0.25) is 5.02 Å². The fourth-order valence-electron chi connectivity index (χ4n) is 2.51. The Balaban J connectivity index is 2.23. The standard InChI is InChI=1S/C17H15ClFN3O2S/c1-20-8-12-6-17(15-4-2-3-5-16(15)19)22(11-12)25(23,24)14-7-13(18)9-21-10-14/h2-7,9-11,20H,8H2,1H3. The van der Waals surface area contributed by atoms with Crippen molar-refractivity contribution in [2.24, 2.45) is 0 Å². The van der Waals surface area contributed by atoms with Crippen LogP contribution in [-0.4, -0.2) is 24.4 Å². The van der Waals surface area contributed by atoms with E-state index in [2.05, 4.69) is 10.3 Å². The normalized spacial score (nSPS) is 11.6. The Bertz CT molecular complexity index is 1020. The van der Waals surface area contributed by atoms with Gasteiger partial charge in [-0.3, -0.25) is 4.98 Å². The molecule has 3 rings (SSSR count). The summed E-state index contributed by atoms with van der Waals surface area (Å²) in [5.41, 5.74) is 1.14. The third kappa shape index (κ3) is 3.44. The van der Waals surface area contributed by atoms with Crippen molar-refractivity contribution < 1.29 is 12.8 Å². The Kier molecular flexibility index (Phi) is 4.89. The molecular formula is C17H15ClFN3O2S. The smallest absolute Gasteiger partial charge is 0.269 e. The first-order valence-electron chi connectivity index (χ1n) is 7.40. The van der Waals surface area contributed by atoms with Crippen LogP contribution in [0.1, 0.15) is 5.56 Å². The quantitative estimate of drug-likeness (QED) is 0.738. The third-order valence-electron chi connectivity index (χ3n) is 3.61. The van der Waals surface area contributed by atoms with Crippen molar-refractivity contribution in [3.8, 4) is 11.3 Å². The molecule has 5 nitrogen and oxygen atoms in total. The summed E-state index contributed by atoms with van der Waals surface area (Å²) in [5, 5.41) is 3.16. The lowest BCUT2D eigenvalue weighted by Gasteiger charge is -2.11. The molecule has 0 saturated heterocycles. The molecule has 0 atom stereocenters. The lowest BCUT2D eigenvalue weighted by atomic mass is 10.1. The second-order valence-electron chi connectivity index (χ2n) is 5.38. The summed E-state index contributed by atoms with van der Waals surface area (Å²) in [6.07, 6.45) is 4.03. The van der Waals surface area contributed by atoms with E-state index < -0.39 is 15.8 Å².